The second-order valence-electron chi connectivity index (χ2n) is 8.31. The molecule has 0 saturated carbocycles. The standard InChI is InChI=1S/C25H23N7/c1-31-6-8-32(9-7-31)24-5-3-18(13-27-24)19-11-21-22(15-29-25(21)28-14-19)17-2-4-23-20(10-17)12-26-16-30-23/h2-5,10-16H,6-9H2,1H3,(H,28,29). The number of hydrogen-bond acceptors (Lipinski definition) is 6. The van der Waals surface area contributed by atoms with Crippen LogP contribution in [0.25, 0.3) is 44.2 Å². The van der Waals surface area contributed by atoms with Crippen LogP contribution in [0.15, 0.2) is 67.5 Å². The first kappa shape index (κ1) is 18.9. The molecule has 0 radical (unpaired) electrons. The Morgan fingerprint density at radius 1 is 0.812 bits per heavy atom. The number of hydrogen-bond donors (Lipinski definition) is 1. The molecule has 0 aliphatic carbocycles. The van der Waals surface area contributed by atoms with Crippen LogP contribution in [0.2, 0.25) is 0 Å². The fourth-order valence-electron chi connectivity index (χ4n) is 4.33. The van der Waals surface area contributed by atoms with Crippen molar-refractivity contribution in [2.45, 2.75) is 0 Å². The molecule has 0 unspecified atom stereocenters. The first-order valence-corrected chi connectivity index (χ1v) is 10.8. The highest BCUT2D eigenvalue weighted by Gasteiger charge is 2.15. The molecular formula is C25H23N7. The maximum atomic E-state index is 4.74. The van der Waals surface area contributed by atoms with E-state index in [0.717, 1.165) is 76.2 Å². The molecule has 1 N–H and O–H groups in total. The number of likely N-dealkylation sites (N-methyl/N-ethyl adjacent to an activating group) is 1. The largest absolute Gasteiger partial charge is 0.354 e. The minimum atomic E-state index is 0.871. The lowest BCUT2D eigenvalue weighted by atomic mass is 10.0. The van der Waals surface area contributed by atoms with E-state index >= 15 is 0 Å². The monoisotopic (exact) mass is 421 g/mol. The lowest BCUT2D eigenvalue weighted by molar-refractivity contribution is 0.312. The number of fused-ring (bicyclic) bond motifs is 2. The Morgan fingerprint density at radius 3 is 2.50 bits per heavy atom. The lowest BCUT2D eigenvalue weighted by Crippen LogP contribution is -2.44. The van der Waals surface area contributed by atoms with Gasteiger partial charge in [-0.05, 0) is 42.9 Å². The van der Waals surface area contributed by atoms with Crippen molar-refractivity contribution in [2.24, 2.45) is 0 Å². The summed E-state index contributed by atoms with van der Waals surface area (Å²) in [7, 11) is 2.16. The zero-order valence-electron chi connectivity index (χ0n) is 17.9. The summed E-state index contributed by atoms with van der Waals surface area (Å²) in [6.45, 7) is 4.17. The molecule has 0 amide bonds. The highest BCUT2D eigenvalue weighted by atomic mass is 15.3. The van der Waals surface area contributed by atoms with Crippen LogP contribution in [0.4, 0.5) is 5.82 Å². The van der Waals surface area contributed by atoms with Gasteiger partial charge < -0.3 is 14.8 Å². The number of anilines is 1. The third kappa shape index (κ3) is 3.36. The summed E-state index contributed by atoms with van der Waals surface area (Å²) in [6.07, 6.45) is 9.30. The summed E-state index contributed by atoms with van der Waals surface area (Å²) < 4.78 is 0. The number of nitrogens with one attached hydrogen (secondary N) is 1. The average molecular weight is 422 g/mol. The van der Waals surface area contributed by atoms with Crippen molar-refractivity contribution >= 4 is 27.8 Å². The Labute approximate surface area is 185 Å². The van der Waals surface area contributed by atoms with Crippen molar-refractivity contribution in [3.63, 3.8) is 0 Å². The van der Waals surface area contributed by atoms with Crippen molar-refractivity contribution in [1.29, 1.82) is 0 Å². The van der Waals surface area contributed by atoms with Crippen LogP contribution in [-0.2, 0) is 0 Å². The summed E-state index contributed by atoms with van der Waals surface area (Å²) in [4.78, 5) is 25.9. The molecule has 1 fully saturated rings. The maximum absolute atomic E-state index is 4.74. The maximum Gasteiger partial charge on any atom is 0.137 e. The van der Waals surface area contributed by atoms with E-state index in [4.69, 9.17) is 4.98 Å². The van der Waals surface area contributed by atoms with E-state index in [1.165, 1.54) is 0 Å². The molecule has 7 heteroatoms. The molecule has 1 saturated heterocycles. The molecule has 5 aromatic rings. The van der Waals surface area contributed by atoms with Gasteiger partial charge in [0.05, 0.1) is 5.52 Å². The molecule has 0 atom stereocenters. The van der Waals surface area contributed by atoms with Crippen molar-refractivity contribution in [3.05, 3.63) is 67.5 Å². The Bertz CT molecular complexity index is 1400. The molecule has 158 valence electrons. The third-order valence-corrected chi connectivity index (χ3v) is 6.26. The number of aromatic amines is 1. The molecule has 1 aliphatic heterocycles. The molecule has 7 nitrogen and oxygen atoms in total. The second kappa shape index (κ2) is 7.69. The molecule has 32 heavy (non-hydrogen) atoms. The Hall–Kier alpha value is -3.84. The van der Waals surface area contributed by atoms with Crippen LogP contribution in [0.3, 0.4) is 0 Å². The second-order valence-corrected chi connectivity index (χ2v) is 8.31. The van der Waals surface area contributed by atoms with Crippen LogP contribution in [-0.4, -0.2) is 63.0 Å². The lowest BCUT2D eigenvalue weighted by Gasteiger charge is -2.33. The van der Waals surface area contributed by atoms with E-state index in [1.54, 1.807) is 6.33 Å². The molecule has 6 rings (SSSR count). The summed E-state index contributed by atoms with van der Waals surface area (Å²) >= 11 is 0. The van der Waals surface area contributed by atoms with E-state index in [9.17, 15) is 0 Å². The van der Waals surface area contributed by atoms with Gasteiger partial charge in [-0.3, -0.25) is 0 Å². The van der Waals surface area contributed by atoms with E-state index in [-0.39, 0.29) is 0 Å². The normalized spacial score (nSPS) is 15.0. The van der Waals surface area contributed by atoms with Gasteiger partial charge in [0.1, 0.15) is 17.8 Å². The zero-order chi connectivity index (χ0) is 21.5. The molecule has 1 aromatic carbocycles. The molecule has 4 aromatic heterocycles. The van der Waals surface area contributed by atoms with Gasteiger partial charge in [0.2, 0.25) is 0 Å². The Kier molecular flexibility index (Phi) is 4.54. The fourth-order valence-corrected chi connectivity index (χ4v) is 4.33. The topological polar surface area (TPSA) is 73.8 Å². The highest BCUT2D eigenvalue weighted by molar-refractivity contribution is 5.97. The number of nitrogens with zero attached hydrogens (tertiary/aromatic N) is 6. The Balaban J connectivity index is 1.34. The molecule has 0 spiro atoms. The van der Waals surface area contributed by atoms with Crippen LogP contribution >= 0.6 is 0 Å². The first-order valence-electron chi connectivity index (χ1n) is 10.8. The van der Waals surface area contributed by atoms with Crippen LogP contribution in [0.5, 0.6) is 0 Å². The number of aromatic nitrogens is 5. The van der Waals surface area contributed by atoms with Gasteiger partial charge in [-0.15, -0.1) is 0 Å². The number of piperazine rings is 1. The van der Waals surface area contributed by atoms with Crippen molar-refractivity contribution in [1.82, 2.24) is 29.8 Å². The van der Waals surface area contributed by atoms with Gasteiger partial charge in [0.25, 0.3) is 0 Å². The summed E-state index contributed by atoms with van der Waals surface area (Å²) in [5.74, 6) is 1.04. The number of benzene rings is 1. The SMILES string of the molecule is CN1CCN(c2ccc(-c3cnc4[nH]cc(-c5ccc6ncncc6c5)c4c3)cn2)CC1. The van der Waals surface area contributed by atoms with Gasteiger partial charge in [-0.2, -0.15) is 0 Å². The quantitative estimate of drug-likeness (QED) is 0.475. The summed E-state index contributed by atoms with van der Waals surface area (Å²) in [5.41, 5.74) is 6.16. The van der Waals surface area contributed by atoms with Crippen molar-refractivity contribution < 1.29 is 0 Å². The van der Waals surface area contributed by atoms with E-state index in [1.807, 2.05) is 30.9 Å². The van der Waals surface area contributed by atoms with Crippen molar-refractivity contribution in [2.75, 3.05) is 38.1 Å². The molecule has 5 heterocycles. The van der Waals surface area contributed by atoms with Gasteiger partial charge in [-0.1, -0.05) is 6.07 Å². The van der Waals surface area contributed by atoms with Gasteiger partial charge >= 0.3 is 0 Å². The Morgan fingerprint density at radius 2 is 1.66 bits per heavy atom. The minimum absolute atomic E-state index is 0.871. The van der Waals surface area contributed by atoms with Gasteiger partial charge in [0, 0.05) is 78.4 Å². The molecule has 0 bridgehead atoms. The number of H-pyrrole nitrogens is 1. The fraction of sp³-hybridized carbons (Fsp3) is 0.200. The van der Waals surface area contributed by atoms with Crippen LogP contribution in [0, 0.1) is 0 Å². The van der Waals surface area contributed by atoms with Crippen LogP contribution < -0.4 is 4.90 Å². The zero-order valence-corrected chi connectivity index (χ0v) is 17.9. The number of pyridine rings is 2. The van der Waals surface area contributed by atoms with E-state index < -0.39 is 0 Å². The van der Waals surface area contributed by atoms with E-state index in [2.05, 4.69) is 67.1 Å². The summed E-state index contributed by atoms with van der Waals surface area (Å²) in [5, 5.41) is 2.11. The van der Waals surface area contributed by atoms with E-state index in [0.29, 0.717) is 0 Å². The average Bonchev–Trinajstić information content (AvgIpc) is 3.28. The predicted octanol–water partition coefficient (Wildman–Crippen LogP) is 3.99. The summed E-state index contributed by atoms with van der Waals surface area (Å²) in [6, 6.07) is 12.7. The third-order valence-electron chi connectivity index (χ3n) is 6.26. The van der Waals surface area contributed by atoms with Crippen LogP contribution in [0.1, 0.15) is 0 Å². The predicted molar refractivity (Wildman–Crippen MR) is 128 cm³/mol. The smallest absolute Gasteiger partial charge is 0.137 e. The van der Waals surface area contributed by atoms with Gasteiger partial charge in [-0.25, -0.2) is 19.9 Å². The molecular weight excluding hydrogens is 398 g/mol. The van der Waals surface area contributed by atoms with Gasteiger partial charge in [0.15, 0.2) is 0 Å². The first-order chi connectivity index (χ1) is 15.7. The highest BCUT2D eigenvalue weighted by Crippen LogP contribution is 2.32. The minimum Gasteiger partial charge on any atom is -0.354 e. The number of rotatable bonds is 3. The molecule has 1 aliphatic rings. The van der Waals surface area contributed by atoms with Crippen molar-refractivity contribution in [3.8, 4) is 22.3 Å².